The summed E-state index contributed by atoms with van der Waals surface area (Å²) in [5.41, 5.74) is -0.0529. The number of hydrogen-bond donors (Lipinski definition) is 2. The predicted octanol–water partition coefficient (Wildman–Crippen LogP) is 1.83. The Morgan fingerprint density at radius 1 is 1.14 bits per heavy atom. The molecular weight excluding hydrogens is 312 g/mol. The van der Waals surface area contributed by atoms with Crippen LogP contribution < -0.4 is 16.0 Å². The second-order valence-electron chi connectivity index (χ2n) is 4.30. The highest BCUT2D eigenvalue weighted by Gasteiger charge is 2.11. The zero-order valence-electron chi connectivity index (χ0n) is 10.8. The van der Waals surface area contributed by atoms with Crippen molar-refractivity contribution in [2.45, 2.75) is 0 Å². The van der Waals surface area contributed by atoms with Crippen LogP contribution in [0, 0.1) is 10.4 Å². The molecule has 0 amide bonds. The standard InChI is InChI=1S/C12H8N4O5S/c17-12-10-5-9(16(20)21)6-13-11(10)22-14(12)7-1-3-8(4-2-7)15(18)19/h1-6,18-19H/q-2. The van der Waals surface area contributed by atoms with Gasteiger partial charge in [-0.1, -0.05) is 0 Å². The lowest BCUT2D eigenvalue weighted by Crippen LogP contribution is -2.13. The molecule has 22 heavy (non-hydrogen) atoms. The molecule has 10 heteroatoms. The Kier molecular flexibility index (Phi) is 3.52. The molecule has 0 aliphatic carbocycles. The SMILES string of the molecule is O=c1c2cc(N([O-])[O-])cnc2sn1-c1ccc(N(O)O)cc1. The molecule has 114 valence electrons. The van der Waals surface area contributed by atoms with Crippen molar-refractivity contribution in [3.05, 3.63) is 57.3 Å². The Bertz CT molecular complexity index is 871. The molecule has 0 atom stereocenters. The fourth-order valence-corrected chi connectivity index (χ4v) is 2.82. The van der Waals surface area contributed by atoms with Crippen LogP contribution in [0.2, 0.25) is 0 Å². The van der Waals surface area contributed by atoms with Crippen LogP contribution in [0.1, 0.15) is 0 Å². The van der Waals surface area contributed by atoms with Gasteiger partial charge in [-0.2, -0.15) is 0 Å². The summed E-state index contributed by atoms with van der Waals surface area (Å²) >= 11 is 1.04. The van der Waals surface area contributed by atoms with E-state index in [9.17, 15) is 15.2 Å². The highest BCUT2D eigenvalue weighted by Crippen LogP contribution is 2.23. The minimum atomic E-state index is -0.611. The van der Waals surface area contributed by atoms with Crippen molar-refractivity contribution in [2.75, 3.05) is 10.5 Å². The van der Waals surface area contributed by atoms with E-state index in [4.69, 9.17) is 10.4 Å². The highest BCUT2D eigenvalue weighted by molar-refractivity contribution is 7.13. The summed E-state index contributed by atoms with van der Waals surface area (Å²) in [5, 5.41) is 38.8. The maximum atomic E-state index is 12.3. The maximum Gasteiger partial charge on any atom is 0.274 e. The van der Waals surface area contributed by atoms with E-state index >= 15 is 0 Å². The van der Waals surface area contributed by atoms with Gasteiger partial charge in [-0.15, -0.1) is 5.23 Å². The molecule has 2 aromatic heterocycles. The first kappa shape index (κ1) is 14.4. The van der Waals surface area contributed by atoms with Crippen LogP contribution in [0.25, 0.3) is 15.9 Å². The third-order valence-corrected chi connectivity index (χ3v) is 4.01. The molecule has 0 saturated heterocycles. The highest BCUT2D eigenvalue weighted by atomic mass is 32.1. The van der Waals surface area contributed by atoms with Crippen LogP contribution in [0.15, 0.2) is 41.3 Å². The van der Waals surface area contributed by atoms with Crippen LogP contribution in [0.3, 0.4) is 0 Å². The van der Waals surface area contributed by atoms with E-state index in [0.717, 1.165) is 17.7 Å². The van der Waals surface area contributed by atoms with Gasteiger partial charge in [0.25, 0.3) is 5.56 Å². The lowest BCUT2D eigenvalue weighted by Gasteiger charge is -2.36. The predicted molar refractivity (Wildman–Crippen MR) is 80.5 cm³/mol. The van der Waals surface area contributed by atoms with Gasteiger partial charge in [0, 0.05) is 5.69 Å². The number of hydrogen-bond acceptors (Lipinski definition) is 9. The normalized spacial score (nSPS) is 10.9. The molecule has 2 heterocycles. The van der Waals surface area contributed by atoms with Gasteiger partial charge in [-0.25, -0.2) is 8.94 Å². The van der Waals surface area contributed by atoms with E-state index in [1.807, 2.05) is 0 Å². The van der Waals surface area contributed by atoms with Gasteiger partial charge in [-0.05, 0) is 41.9 Å². The van der Waals surface area contributed by atoms with Crippen molar-refractivity contribution >= 4 is 33.1 Å². The summed E-state index contributed by atoms with van der Waals surface area (Å²) in [6.07, 6.45) is 1.10. The molecule has 0 fully saturated rings. The number of nitrogens with zero attached hydrogens (tertiary/aromatic N) is 4. The number of rotatable bonds is 3. The van der Waals surface area contributed by atoms with Gasteiger partial charge in [-0.3, -0.25) is 15.2 Å². The summed E-state index contributed by atoms with van der Waals surface area (Å²) in [5.74, 6) is 0. The van der Waals surface area contributed by atoms with Gasteiger partial charge in [0.1, 0.15) is 4.83 Å². The molecule has 0 radical (unpaired) electrons. The zero-order valence-corrected chi connectivity index (χ0v) is 11.6. The average molecular weight is 320 g/mol. The Morgan fingerprint density at radius 3 is 2.41 bits per heavy atom. The second kappa shape index (κ2) is 5.36. The van der Waals surface area contributed by atoms with Crippen LogP contribution in [-0.4, -0.2) is 19.4 Å². The van der Waals surface area contributed by atoms with Crippen molar-refractivity contribution < 1.29 is 10.4 Å². The van der Waals surface area contributed by atoms with E-state index in [-0.39, 0.29) is 22.0 Å². The van der Waals surface area contributed by atoms with Gasteiger partial charge in [0.15, 0.2) is 0 Å². The Morgan fingerprint density at radius 2 is 1.82 bits per heavy atom. The Balaban J connectivity index is 2.11. The summed E-state index contributed by atoms with van der Waals surface area (Å²) < 4.78 is 1.32. The quantitative estimate of drug-likeness (QED) is 0.699. The van der Waals surface area contributed by atoms with E-state index in [1.54, 1.807) is 0 Å². The summed E-state index contributed by atoms with van der Waals surface area (Å²) in [4.78, 5) is 16.6. The van der Waals surface area contributed by atoms with Gasteiger partial charge < -0.3 is 15.6 Å². The zero-order chi connectivity index (χ0) is 15.9. The first-order valence-electron chi connectivity index (χ1n) is 5.92. The maximum absolute atomic E-state index is 12.3. The molecule has 0 unspecified atom stereocenters. The summed E-state index contributed by atoms with van der Waals surface area (Å²) in [6, 6.07) is 7.03. The Hall–Kier alpha value is -2.50. The average Bonchev–Trinajstić information content (AvgIpc) is 2.84. The van der Waals surface area contributed by atoms with Crippen LogP contribution in [0.5, 0.6) is 0 Å². The molecule has 2 N–H and O–H groups in total. The van der Waals surface area contributed by atoms with Crippen molar-refractivity contribution in [1.29, 1.82) is 0 Å². The fourth-order valence-electron chi connectivity index (χ4n) is 1.90. The van der Waals surface area contributed by atoms with Crippen LogP contribution >= 0.6 is 11.5 Å². The molecule has 9 nitrogen and oxygen atoms in total. The Labute approximate surface area is 126 Å². The van der Waals surface area contributed by atoms with E-state index in [1.165, 1.54) is 34.3 Å². The molecule has 0 aliphatic rings. The molecule has 0 spiro atoms. The third kappa shape index (κ3) is 2.41. The third-order valence-electron chi connectivity index (χ3n) is 2.96. The van der Waals surface area contributed by atoms with Crippen molar-refractivity contribution in [2.24, 2.45) is 0 Å². The smallest absolute Gasteiger partial charge is 0.274 e. The summed E-state index contributed by atoms with van der Waals surface area (Å²) in [7, 11) is 0. The molecule has 1 aromatic carbocycles. The molecule has 3 aromatic rings. The van der Waals surface area contributed by atoms with Gasteiger partial charge in [0.05, 0.1) is 23.0 Å². The second-order valence-corrected chi connectivity index (χ2v) is 5.23. The number of pyridine rings is 1. The van der Waals surface area contributed by atoms with Crippen molar-refractivity contribution in [3.63, 3.8) is 0 Å². The minimum Gasteiger partial charge on any atom is -0.769 e. The number of fused-ring (bicyclic) bond motifs is 1. The van der Waals surface area contributed by atoms with Crippen LogP contribution in [0.4, 0.5) is 11.4 Å². The first-order chi connectivity index (χ1) is 10.5. The fraction of sp³-hybridized carbons (Fsp3) is 0. The molecule has 0 saturated carbocycles. The molecule has 3 rings (SSSR count). The van der Waals surface area contributed by atoms with Crippen LogP contribution in [-0.2, 0) is 0 Å². The van der Waals surface area contributed by atoms with E-state index in [2.05, 4.69) is 4.98 Å². The molecule has 0 bridgehead atoms. The van der Waals surface area contributed by atoms with Gasteiger partial charge in [0.2, 0.25) is 0 Å². The lowest BCUT2D eigenvalue weighted by atomic mass is 10.3. The minimum absolute atomic E-state index is 0.0393. The molecular formula is C12H8N4O5S-2. The number of anilines is 2. The van der Waals surface area contributed by atoms with Crippen molar-refractivity contribution in [3.8, 4) is 5.69 Å². The first-order valence-corrected chi connectivity index (χ1v) is 6.69. The van der Waals surface area contributed by atoms with Crippen molar-refractivity contribution in [1.82, 2.24) is 8.94 Å². The molecule has 0 aliphatic heterocycles. The largest absolute Gasteiger partial charge is 0.769 e. The van der Waals surface area contributed by atoms with E-state index < -0.39 is 10.8 Å². The lowest BCUT2D eigenvalue weighted by molar-refractivity contribution is 0.0291. The summed E-state index contributed by atoms with van der Waals surface area (Å²) in [6.45, 7) is 0. The monoisotopic (exact) mass is 320 g/mol. The van der Waals surface area contributed by atoms with E-state index in [0.29, 0.717) is 10.5 Å². The number of aromatic nitrogens is 2. The topological polar surface area (TPSA) is 128 Å². The number of benzene rings is 1. The van der Waals surface area contributed by atoms with Gasteiger partial charge >= 0.3 is 0 Å².